The van der Waals surface area contributed by atoms with Gasteiger partial charge in [0.15, 0.2) is 0 Å². The van der Waals surface area contributed by atoms with Crippen molar-refractivity contribution in [2.75, 3.05) is 0 Å². The molecule has 0 amide bonds. The van der Waals surface area contributed by atoms with E-state index in [0.29, 0.717) is 21.2 Å². The van der Waals surface area contributed by atoms with Gasteiger partial charge in [-0.1, -0.05) is 108 Å². The Morgan fingerprint density at radius 1 is 0.622 bits per heavy atom. The topological polar surface area (TPSA) is 94.9 Å². The third-order valence-electron chi connectivity index (χ3n) is 5.05. The Morgan fingerprint density at radius 3 is 1.27 bits per heavy atom. The van der Waals surface area contributed by atoms with Crippen LogP contribution in [0.25, 0.3) is 0 Å². The molecule has 0 radical (unpaired) electrons. The summed E-state index contributed by atoms with van der Waals surface area (Å²) in [5.41, 5.74) is 9.92. The van der Waals surface area contributed by atoms with Crippen LogP contribution in [-0.4, -0.2) is 11.8 Å². The Morgan fingerprint density at radius 2 is 0.946 bits per heavy atom. The molecule has 0 saturated heterocycles. The first-order valence-electron chi connectivity index (χ1n) is 11.0. The smallest absolute Gasteiger partial charge is 0.857 e. The Bertz CT molecular complexity index is 1220. The molecule has 0 heterocycles. The van der Waals surface area contributed by atoms with Crippen LogP contribution in [-0.2, 0) is 17.1 Å². The van der Waals surface area contributed by atoms with Crippen LogP contribution >= 0.6 is 23.2 Å². The Hall–Kier alpha value is -3.48. The molecular formula is C28H24Cl2FeN4O2. The van der Waals surface area contributed by atoms with E-state index in [1.54, 1.807) is 48.5 Å². The largest absolute Gasteiger partial charge is 2.00 e. The van der Waals surface area contributed by atoms with E-state index in [0.717, 1.165) is 22.5 Å². The predicted octanol–water partition coefficient (Wildman–Crippen LogP) is 4.70. The summed E-state index contributed by atoms with van der Waals surface area (Å²) in [7, 11) is 0. The first-order chi connectivity index (χ1) is 17.4. The zero-order valence-corrected chi connectivity index (χ0v) is 22.7. The summed E-state index contributed by atoms with van der Waals surface area (Å²) in [5.74, 6) is -0.766. The summed E-state index contributed by atoms with van der Waals surface area (Å²) in [5, 5.41) is 32.0. The number of benzene rings is 2. The van der Waals surface area contributed by atoms with Crippen molar-refractivity contribution < 1.29 is 27.3 Å². The van der Waals surface area contributed by atoms with E-state index in [1.165, 1.54) is 0 Å². The van der Waals surface area contributed by atoms with Crippen molar-refractivity contribution in [3.05, 3.63) is 141 Å². The number of rotatable bonds is 6. The number of nitrogens with zero attached hydrogens (tertiary/aromatic N) is 2. The molecule has 2 aliphatic rings. The van der Waals surface area contributed by atoms with E-state index in [2.05, 4.69) is 21.1 Å². The fourth-order valence-corrected chi connectivity index (χ4v) is 3.47. The van der Waals surface area contributed by atoms with Gasteiger partial charge < -0.3 is 10.2 Å². The van der Waals surface area contributed by atoms with E-state index in [4.69, 9.17) is 23.2 Å². The van der Waals surface area contributed by atoms with Gasteiger partial charge in [-0.15, -0.1) is 0 Å². The molecule has 2 aliphatic carbocycles. The average Bonchev–Trinajstić information content (AvgIpc) is 3.61. The fourth-order valence-electron chi connectivity index (χ4n) is 3.04. The molecule has 6 nitrogen and oxygen atoms in total. The molecule has 0 aliphatic heterocycles. The first-order valence-corrected chi connectivity index (χ1v) is 11.7. The summed E-state index contributed by atoms with van der Waals surface area (Å²) in [6, 6.07) is 13.7. The second kappa shape index (κ2) is 14.9. The van der Waals surface area contributed by atoms with Gasteiger partial charge in [-0.3, -0.25) is 10.9 Å². The minimum atomic E-state index is -0.383. The van der Waals surface area contributed by atoms with E-state index in [1.807, 2.05) is 62.5 Å². The Kier molecular flexibility index (Phi) is 12.0. The standard InChI is InChI=1S/2C14H13ClN2O.Fe/c2*1-10(11-6-2-3-7-11)16-17-14(18)12-8-4-5-9-13(12)15;/h2*2-9,16H,1H3,(H,17,18);/q;;+2/p-2. The van der Waals surface area contributed by atoms with Crippen LogP contribution in [0.5, 0.6) is 0 Å². The second-order valence-electron chi connectivity index (χ2n) is 7.61. The molecule has 9 heteroatoms. The van der Waals surface area contributed by atoms with Crippen molar-refractivity contribution in [3.63, 3.8) is 0 Å². The molecule has 0 saturated carbocycles. The first kappa shape index (κ1) is 29.7. The Labute approximate surface area is 237 Å². The minimum Gasteiger partial charge on any atom is -0.857 e. The third-order valence-corrected chi connectivity index (χ3v) is 5.71. The monoisotopic (exact) mass is 574 g/mol. The third kappa shape index (κ3) is 8.84. The number of hydrogen-bond donors (Lipinski definition) is 2. The van der Waals surface area contributed by atoms with Gasteiger partial charge in [0.2, 0.25) is 0 Å². The molecule has 190 valence electrons. The van der Waals surface area contributed by atoms with Gasteiger partial charge in [-0.25, -0.2) is 0 Å². The van der Waals surface area contributed by atoms with E-state index in [-0.39, 0.29) is 28.9 Å². The molecule has 0 aromatic heterocycles. The number of hydrazone groups is 2. The summed E-state index contributed by atoms with van der Waals surface area (Å²) in [4.78, 5) is 0. The maximum Gasteiger partial charge on any atom is 2.00 e. The van der Waals surface area contributed by atoms with Crippen molar-refractivity contribution in [2.45, 2.75) is 13.8 Å². The van der Waals surface area contributed by atoms with E-state index >= 15 is 0 Å². The van der Waals surface area contributed by atoms with Gasteiger partial charge in [0.1, 0.15) is 0 Å². The Balaban J connectivity index is 0.000000253. The average molecular weight is 575 g/mol. The van der Waals surface area contributed by atoms with E-state index in [9.17, 15) is 10.2 Å². The van der Waals surface area contributed by atoms with Crippen LogP contribution in [0.3, 0.4) is 0 Å². The zero-order chi connectivity index (χ0) is 25.9. The van der Waals surface area contributed by atoms with Gasteiger partial charge in [0, 0.05) is 44.4 Å². The van der Waals surface area contributed by atoms with Crippen molar-refractivity contribution >= 4 is 35.0 Å². The summed E-state index contributed by atoms with van der Waals surface area (Å²) < 4.78 is 0. The quantitative estimate of drug-likeness (QED) is 0.226. The molecular weight excluding hydrogens is 551 g/mol. The SMILES string of the molecule is CC(N/N=C(\[O-])c1ccccc1Cl)=C1C=CC=C1.CC(N/N=C(\[O-])c1ccccc1Cl)=C1C=CC=C1.[Fe+2]. The molecule has 0 atom stereocenters. The number of hydrogen-bond acceptors (Lipinski definition) is 6. The molecule has 37 heavy (non-hydrogen) atoms. The van der Waals surface area contributed by atoms with Gasteiger partial charge in [0.05, 0.1) is 0 Å². The molecule has 2 aromatic rings. The van der Waals surface area contributed by atoms with Gasteiger partial charge >= 0.3 is 17.1 Å². The molecule has 0 spiro atoms. The normalized spacial score (nSPS) is 13.7. The second-order valence-corrected chi connectivity index (χ2v) is 8.43. The summed E-state index contributed by atoms with van der Waals surface area (Å²) in [6.07, 6.45) is 15.5. The van der Waals surface area contributed by atoms with Crippen molar-refractivity contribution in [1.82, 2.24) is 10.9 Å². The fraction of sp³-hybridized carbons (Fsp3) is 0.0714. The maximum atomic E-state index is 11.8. The van der Waals surface area contributed by atoms with Gasteiger partial charge in [0.25, 0.3) is 0 Å². The summed E-state index contributed by atoms with van der Waals surface area (Å²) in [6.45, 7) is 3.72. The molecule has 2 aromatic carbocycles. The van der Waals surface area contributed by atoms with Crippen LogP contribution in [0.1, 0.15) is 25.0 Å². The van der Waals surface area contributed by atoms with Crippen LogP contribution < -0.4 is 21.1 Å². The van der Waals surface area contributed by atoms with Gasteiger partial charge in [-0.05, 0) is 37.1 Å². The van der Waals surface area contributed by atoms with Crippen molar-refractivity contribution in [3.8, 4) is 0 Å². The number of allylic oxidation sites excluding steroid dienone is 12. The predicted molar refractivity (Wildman–Crippen MR) is 144 cm³/mol. The molecule has 0 unspecified atom stereocenters. The van der Waals surface area contributed by atoms with Crippen molar-refractivity contribution in [2.24, 2.45) is 10.2 Å². The van der Waals surface area contributed by atoms with Crippen LogP contribution in [0.15, 0.2) is 130 Å². The molecule has 0 fully saturated rings. The number of nitrogens with one attached hydrogen (secondary N) is 2. The van der Waals surface area contributed by atoms with E-state index < -0.39 is 0 Å². The zero-order valence-electron chi connectivity index (χ0n) is 20.1. The molecule has 0 bridgehead atoms. The van der Waals surface area contributed by atoms with Gasteiger partial charge in [-0.2, -0.15) is 10.2 Å². The van der Waals surface area contributed by atoms with Crippen molar-refractivity contribution in [1.29, 1.82) is 0 Å². The maximum absolute atomic E-state index is 11.8. The van der Waals surface area contributed by atoms with Crippen LogP contribution in [0, 0.1) is 0 Å². The minimum absolute atomic E-state index is 0. The summed E-state index contributed by atoms with van der Waals surface area (Å²) >= 11 is 11.8. The van der Waals surface area contributed by atoms with Crippen LogP contribution in [0.2, 0.25) is 10.0 Å². The van der Waals surface area contributed by atoms with Crippen LogP contribution in [0.4, 0.5) is 0 Å². The molecule has 4 rings (SSSR count). The molecule has 2 N–H and O–H groups in total. The number of halogens is 2.